The standard InChI is InChI=1S/C41H70NO9P/c1-3-5-7-8-9-10-11-12-13-17-20-23-27-31-40(43)47-35-37(36-49-52(45,46)48-34-33-42)50-41(44)32-28-24-21-18-15-14-16-19-22-26-30-39-38(51-39)29-25-6-4-2/h6,10-11,14,16,18,21-22,25-26,37-39H,3-5,7-9,12-13,15,17,19-20,23-24,27-36,42H2,1-2H3,(H,45,46)/b11-10-,16-14-,21-18-,25-6-,26-22-. The number of phosphoric ester groups is 1. The summed E-state index contributed by atoms with van der Waals surface area (Å²) in [4.78, 5) is 34.7. The second-order valence-electron chi connectivity index (χ2n) is 13.2. The minimum absolute atomic E-state index is 0.0386. The third-order valence-electron chi connectivity index (χ3n) is 8.29. The maximum atomic E-state index is 12.5. The fourth-order valence-corrected chi connectivity index (χ4v) is 6.00. The Hall–Kier alpha value is -2.33. The second kappa shape index (κ2) is 33.3. The summed E-state index contributed by atoms with van der Waals surface area (Å²) in [6.45, 7) is 3.49. The lowest BCUT2D eigenvalue weighted by molar-refractivity contribution is -0.161. The van der Waals surface area contributed by atoms with E-state index in [0.29, 0.717) is 31.5 Å². The van der Waals surface area contributed by atoms with Crippen molar-refractivity contribution in [3.05, 3.63) is 60.8 Å². The number of esters is 2. The summed E-state index contributed by atoms with van der Waals surface area (Å²) in [5.41, 5.74) is 5.33. The molecule has 4 unspecified atom stereocenters. The number of carbonyl (C=O) groups excluding carboxylic acids is 2. The zero-order chi connectivity index (χ0) is 38.0. The van der Waals surface area contributed by atoms with Gasteiger partial charge in [-0.1, -0.05) is 113 Å². The molecule has 0 amide bonds. The van der Waals surface area contributed by atoms with Crippen molar-refractivity contribution in [1.82, 2.24) is 0 Å². The maximum Gasteiger partial charge on any atom is 0.472 e. The van der Waals surface area contributed by atoms with Gasteiger partial charge in [-0.25, -0.2) is 4.57 Å². The number of nitrogens with two attached hydrogens (primary N) is 1. The van der Waals surface area contributed by atoms with Crippen molar-refractivity contribution in [3.63, 3.8) is 0 Å². The molecule has 1 aliphatic heterocycles. The molecule has 1 fully saturated rings. The van der Waals surface area contributed by atoms with Crippen LogP contribution in [0.5, 0.6) is 0 Å². The zero-order valence-electron chi connectivity index (χ0n) is 32.2. The third-order valence-corrected chi connectivity index (χ3v) is 9.27. The van der Waals surface area contributed by atoms with Crippen molar-refractivity contribution in [1.29, 1.82) is 0 Å². The Bertz CT molecular complexity index is 1100. The average Bonchev–Trinajstić information content (AvgIpc) is 3.88. The highest BCUT2D eigenvalue weighted by Crippen LogP contribution is 2.43. The van der Waals surface area contributed by atoms with Gasteiger partial charge in [-0.2, -0.15) is 0 Å². The quantitative estimate of drug-likeness (QED) is 0.0211. The van der Waals surface area contributed by atoms with E-state index < -0.39 is 32.5 Å². The van der Waals surface area contributed by atoms with Crippen molar-refractivity contribution >= 4 is 19.8 Å². The van der Waals surface area contributed by atoms with Gasteiger partial charge < -0.3 is 24.8 Å². The molecule has 1 heterocycles. The van der Waals surface area contributed by atoms with Crippen LogP contribution in [0.4, 0.5) is 0 Å². The average molecular weight is 752 g/mol. The minimum Gasteiger partial charge on any atom is -0.462 e. The number of allylic oxidation sites excluding steroid dienone is 8. The smallest absolute Gasteiger partial charge is 0.462 e. The van der Waals surface area contributed by atoms with Gasteiger partial charge in [0.25, 0.3) is 0 Å². The van der Waals surface area contributed by atoms with Crippen LogP contribution in [0.2, 0.25) is 0 Å². The molecule has 10 nitrogen and oxygen atoms in total. The van der Waals surface area contributed by atoms with Crippen LogP contribution in [0, 0.1) is 0 Å². The van der Waals surface area contributed by atoms with E-state index in [9.17, 15) is 19.0 Å². The Morgan fingerprint density at radius 3 is 1.92 bits per heavy atom. The summed E-state index contributed by atoms with van der Waals surface area (Å²) in [5, 5.41) is 0. The Labute approximate surface area is 314 Å². The molecule has 1 aliphatic rings. The zero-order valence-corrected chi connectivity index (χ0v) is 33.1. The van der Waals surface area contributed by atoms with Crippen molar-refractivity contribution in [2.45, 2.75) is 161 Å². The van der Waals surface area contributed by atoms with E-state index in [-0.39, 0.29) is 32.6 Å². The predicted molar refractivity (Wildman–Crippen MR) is 210 cm³/mol. The molecule has 0 aromatic rings. The summed E-state index contributed by atoms with van der Waals surface area (Å²) in [6, 6.07) is 0. The molecule has 298 valence electrons. The van der Waals surface area contributed by atoms with Crippen LogP contribution in [-0.4, -0.2) is 61.5 Å². The summed E-state index contributed by atoms with van der Waals surface area (Å²) >= 11 is 0. The Balaban J connectivity index is 2.26. The largest absolute Gasteiger partial charge is 0.472 e. The molecular formula is C41H70NO9P. The summed E-state index contributed by atoms with van der Waals surface area (Å²) in [7, 11) is -4.40. The van der Waals surface area contributed by atoms with E-state index in [4.69, 9.17) is 29.0 Å². The van der Waals surface area contributed by atoms with E-state index in [1.807, 2.05) is 6.08 Å². The molecule has 4 atom stereocenters. The number of carbonyl (C=O) groups is 2. The Morgan fingerprint density at radius 2 is 1.25 bits per heavy atom. The number of unbranched alkanes of at least 4 members (excludes halogenated alkanes) is 10. The Kier molecular flexibility index (Phi) is 30.5. The van der Waals surface area contributed by atoms with Crippen LogP contribution in [0.3, 0.4) is 0 Å². The lowest BCUT2D eigenvalue weighted by Gasteiger charge is -2.19. The van der Waals surface area contributed by atoms with E-state index in [1.165, 1.54) is 32.1 Å². The summed E-state index contributed by atoms with van der Waals surface area (Å²) in [5.74, 6) is -0.919. The van der Waals surface area contributed by atoms with E-state index >= 15 is 0 Å². The van der Waals surface area contributed by atoms with Crippen molar-refractivity contribution in [2.75, 3.05) is 26.4 Å². The van der Waals surface area contributed by atoms with E-state index in [2.05, 4.69) is 68.5 Å². The Morgan fingerprint density at radius 1 is 0.692 bits per heavy atom. The summed E-state index contributed by atoms with van der Waals surface area (Å²) < 4.78 is 38.3. The van der Waals surface area contributed by atoms with Crippen LogP contribution in [0.25, 0.3) is 0 Å². The SMILES string of the molecule is CC/C=C\CC1OC1C/C=C\C/C=C\C/C=C\CCCC(=O)OC(COC(=O)CCCCCCC/C=C\CCCCCC)COP(=O)(O)OCCN. The molecule has 0 radical (unpaired) electrons. The lowest BCUT2D eigenvalue weighted by atomic mass is 10.1. The first-order valence-electron chi connectivity index (χ1n) is 19.9. The number of rotatable bonds is 35. The molecule has 11 heteroatoms. The van der Waals surface area contributed by atoms with Gasteiger partial charge in [0.2, 0.25) is 0 Å². The van der Waals surface area contributed by atoms with Crippen LogP contribution >= 0.6 is 7.82 Å². The monoisotopic (exact) mass is 751 g/mol. The molecule has 52 heavy (non-hydrogen) atoms. The number of epoxide rings is 1. The molecule has 0 saturated carbocycles. The molecule has 1 rings (SSSR count). The number of phosphoric acid groups is 1. The van der Waals surface area contributed by atoms with Gasteiger partial charge in [-0.15, -0.1) is 0 Å². The van der Waals surface area contributed by atoms with Gasteiger partial charge in [0.05, 0.1) is 25.4 Å². The van der Waals surface area contributed by atoms with Crippen LogP contribution < -0.4 is 5.73 Å². The lowest BCUT2D eigenvalue weighted by Crippen LogP contribution is -2.29. The second-order valence-corrected chi connectivity index (χ2v) is 14.6. The van der Waals surface area contributed by atoms with Gasteiger partial charge in [-0.3, -0.25) is 18.6 Å². The first kappa shape index (κ1) is 47.7. The van der Waals surface area contributed by atoms with Crippen LogP contribution in [0.15, 0.2) is 60.8 Å². The maximum absolute atomic E-state index is 12.5. The minimum atomic E-state index is -4.40. The first-order chi connectivity index (χ1) is 25.3. The molecular weight excluding hydrogens is 681 g/mol. The van der Waals surface area contributed by atoms with Gasteiger partial charge >= 0.3 is 19.8 Å². The van der Waals surface area contributed by atoms with Crippen molar-refractivity contribution in [2.24, 2.45) is 5.73 Å². The molecule has 0 aromatic carbocycles. The molecule has 1 saturated heterocycles. The number of hydrogen-bond donors (Lipinski definition) is 2. The highest BCUT2D eigenvalue weighted by Gasteiger charge is 2.36. The van der Waals surface area contributed by atoms with Crippen molar-refractivity contribution in [3.8, 4) is 0 Å². The normalized spacial score (nSPS) is 17.9. The van der Waals surface area contributed by atoms with Crippen molar-refractivity contribution < 1.29 is 42.3 Å². The fraction of sp³-hybridized carbons (Fsp3) is 0.707. The van der Waals surface area contributed by atoms with Crippen LogP contribution in [-0.2, 0) is 37.4 Å². The molecule has 0 aromatic heterocycles. The summed E-state index contributed by atoms with van der Waals surface area (Å²) in [6.07, 6.45) is 40.1. The van der Waals surface area contributed by atoms with Gasteiger partial charge in [0.15, 0.2) is 6.10 Å². The van der Waals surface area contributed by atoms with Crippen LogP contribution in [0.1, 0.15) is 142 Å². The van der Waals surface area contributed by atoms with Gasteiger partial charge in [-0.05, 0) is 77.0 Å². The molecule has 0 bridgehead atoms. The van der Waals surface area contributed by atoms with Gasteiger partial charge in [0, 0.05) is 19.4 Å². The highest BCUT2D eigenvalue weighted by atomic mass is 31.2. The number of ether oxygens (including phenoxy) is 3. The fourth-order valence-electron chi connectivity index (χ4n) is 5.23. The third kappa shape index (κ3) is 30.2. The first-order valence-corrected chi connectivity index (χ1v) is 21.4. The van der Waals surface area contributed by atoms with Gasteiger partial charge in [0.1, 0.15) is 6.61 Å². The topological polar surface area (TPSA) is 147 Å². The highest BCUT2D eigenvalue weighted by molar-refractivity contribution is 7.47. The number of hydrogen-bond acceptors (Lipinski definition) is 9. The molecule has 3 N–H and O–H groups in total. The van der Waals surface area contributed by atoms with E-state index in [1.54, 1.807) is 0 Å². The van der Waals surface area contributed by atoms with E-state index in [0.717, 1.165) is 64.2 Å². The predicted octanol–water partition coefficient (Wildman–Crippen LogP) is 9.92. The molecule has 0 spiro atoms. The molecule has 0 aliphatic carbocycles.